The van der Waals surface area contributed by atoms with E-state index in [1.54, 1.807) is 23.9 Å². The lowest BCUT2D eigenvalue weighted by Gasteiger charge is -2.41. The lowest BCUT2D eigenvalue weighted by Crippen LogP contribution is -2.51. The van der Waals surface area contributed by atoms with E-state index in [4.69, 9.17) is 27.1 Å². The second-order valence-corrected chi connectivity index (χ2v) is 8.91. The normalized spacial score (nSPS) is 24.9. The van der Waals surface area contributed by atoms with E-state index >= 15 is 0 Å². The number of fused-ring (bicyclic) bond motifs is 1. The Morgan fingerprint density at radius 2 is 2.10 bits per heavy atom. The lowest BCUT2D eigenvalue weighted by atomic mass is 9.73. The molecule has 0 amide bonds. The second kappa shape index (κ2) is 7.14. The molecule has 3 aliphatic rings. The number of nitrogens with two attached hydrogens (primary N) is 1. The van der Waals surface area contributed by atoms with E-state index in [-0.39, 0.29) is 23.1 Å². The zero-order chi connectivity index (χ0) is 21.0. The third kappa shape index (κ3) is 2.97. The molecule has 0 saturated carbocycles. The van der Waals surface area contributed by atoms with Gasteiger partial charge < -0.3 is 15.4 Å². The van der Waals surface area contributed by atoms with Crippen LogP contribution < -0.4 is 16.2 Å². The summed E-state index contributed by atoms with van der Waals surface area (Å²) in [5.74, 6) is 0.693. The van der Waals surface area contributed by atoms with Gasteiger partial charge in [0.25, 0.3) is 5.56 Å². The van der Waals surface area contributed by atoms with Crippen LogP contribution in [0.25, 0.3) is 0 Å². The number of pyridine rings is 1. The molecule has 0 bridgehead atoms. The van der Waals surface area contributed by atoms with Crippen LogP contribution in [0.5, 0.6) is 0 Å². The average Bonchev–Trinajstić information content (AvgIpc) is 3.29. The molecule has 0 unspecified atom stereocenters. The summed E-state index contributed by atoms with van der Waals surface area (Å²) in [6.07, 6.45) is 3.58. The first-order valence-corrected chi connectivity index (χ1v) is 10.7. The molecule has 30 heavy (non-hydrogen) atoms. The molecule has 0 aromatic carbocycles. The Morgan fingerprint density at radius 3 is 2.77 bits per heavy atom. The minimum atomic E-state index is -0.0889. The Morgan fingerprint density at radius 1 is 1.33 bits per heavy atom. The van der Waals surface area contributed by atoms with Crippen LogP contribution in [0.3, 0.4) is 0 Å². The van der Waals surface area contributed by atoms with E-state index in [1.807, 2.05) is 13.0 Å². The highest BCUT2D eigenvalue weighted by Crippen LogP contribution is 2.41. The Bertz CT molecular complexity index is 1090. The number of aliphatic imine (C=N–C) groups is 1. The van der Waals surface area contributed by atoms with E-state index in [0.29, 0.717) is 41.2 Å². The molecule has 2 aromatic rings. The van der Waals surface area contributed by atoms with Crippen LogP contribution >= 0.6 is 11.6 Å². The summed E-state index contributed by atoms with van der Waals surface area (Å²) < 4.78 is 7.45. The van der Waals surface area contributed by atoms with Gasteiger partial charge in [-0.1, -0.05) is 11.6 Å². The molecule has 5 heterocycles. The van der Waals surface area contributed by atoms with Crippen LogP contribution in [0.2, 0.25) is 5.15 Å². The van der Waals surface area contributed by atoms with Gasteiger partial charge in [-0.2, -0.15) is 0 Å². The van der Waals surface area contributed by atoms with Gasteiger partial charge in [-0.15, -0.1) is 0 Å². The number of halogens is 1. The molecule has 2 fully saturated rings. The highest BCUT2D eigenvalue weighted by molar-refractivity contribution is 6.30. The van der Waals surface area contributed by atoms with Crippen molar-refractivity contribution in [1.29, 1.82) is 0 Å². The van der Waals surface area contributed by atoms with Crippen LogP contribution in [0.15, 0.2) is 28.1 Å². The molecule has 2 aromatic heterocycles. The molecule has 1 spiro atoms. The van der Waals surface area contributed by atoms with Gasteiger partial charge in [0.15, 0.2) is 0 Å². The molecule has 158 valence electrons. The van der Waals surface area contributed by atoms with Crippen LogP contribution in [0, 0.1) is 5.41 Å². The van der Waals surface area contributed by atoms with Gasteiger partial charge in [0, 0.05) is 43.4 Å². The molecule has 0 aliphatic carbocycles. The molecule has 9 heteroatoms. The summed E-state index contributed by atoms with van der Waals surface area (Å²) >= 11 is 6.03. The number of aromatic nitrogens is 3. The molecule has 2 N–H and O–H groups in total. The summed E-state index contributed by atoms with van der Waals surface area (Å²) in [4.78, 5) is 28.9. The minimum absolute atomic E-state index is 0.0302. The van der Waals surface area contributed by atoms with Gasteiger partial charge in [0.2, 0.25) is 5.95 Å². The fourth-order valence-corrected chi connectivity index (χ4v) is 5.09. The van der Waals surface area contributed by atoms with Gasteiger partial charge in [0.05, 0.1) is 36.2 Å². The lowest BCUT2D eigenvalue weighted by molar-refractivity contribution is 0.0973. The first kappa shape index (κ1) is 19.7. The van der Waals surface area contributed by atoms with Gasteiger partial charge in [0.1, 0.15) is 5.15 Å². The predicted octanol–water partition coefficient (Wildman–Crippen LogP) is 1.51. The second-order valence-electron chi connectivity index (χ2n) is 8.52. The maximum absolute atomic E-state index is 13.3. The molecule has 0 radical (unpaired) electrons. The molecule has 5 rings (SSSR count). The Labute approximate surface area is 179 Å². The van der Waals surface area contributed by atoms with E-state index in [9.17, 15) is 4.79 Å². The smallest absolute Gasteiger partial charge is 0.264 e. The summed E-state index contributed by atoms with van der Waals surface area (Å²) in [7, 11) is 1.78. The molecular weight excluding hydrogens is 404 g/mol. The number of hydrogen-bond acceptors (Lipinski definition) is 7. The number of nitrogens with zero attached hydrogens (tertiary/aromatic N) is 5. The summed E-state index contributed by atoms with van der Waals surface area (Å²) in [6.45, 7) is 4.76. The zero-order valence-corrected chi connectivity index (χ0v) is 17.9. The molecule has 2 atom stereocenters. The molecule has 2 saturated heterocycles. The third-order valence-electron chi connectivity index (χ3n) is 6.85. The topological polar surface area (TPSA) is 98.6 Å². The molecule has 8 nitrogen and oxygen atoms in total. The van der Waals surface area contributed by atoms with Crippen molar-refractivity contribution < 1.29 is 4.74 Å². The van der Waals surface area contributed by atoms with Crippen molar-refractivity contribution in [2.75, 3.05) is 24.6 Å². The maximum atomic E-state index is 13.3. The van der Waals surface area contributed by atoms with Gasteiger partial charge in [-0.05, 0) is 31.9 Å². The van der Waals surface area contributed by atoms with Crippen LogP contribution in [0.4, 0.5) is 5.95 Å². The Hall–Kier alpha value is -2.29. The number of anilines is 1. The fraction of sp³-hybridized carbons (Fsp3) is 0.524. The zero-order valence-electron chi connectivity index (χ0n) is 17.1. The summed E-state index contributed by atoms with van der Waals surface area (Å²) in [5, 5.41) is 0.371. The molecule has 3 aliphatic heterocycles. The van der Waals surface area contributed by atoms with Gasteiger partial charge >= 0.3 is 0 Å². The van der Waals surface area contributed by atoms with E-state index in [1.165, 1.54) is 0 Å². The van der Waals surface area contributed by atoms with Crippen molar-refractivity contribution >= 4 is 23.3 Å². The van der Waals surface area contributed by atoms with Gasteiger partial charge in [-0.25, -0.2) is 9.97 Å². The van der Waals surface area contributed by atoms with E-state index in [0.717, 1.165) is 31.5 Å². The highest BCUT2D eigenvalue weighted by Gasteiger charge is 2.48. The van der Waals surface area contributed by atoms with Gasteiger partial charge in [-0.3, -0.25) is 14.4 Å². The summed E-state index contributed by atoms with van der Waals surface area (Å²) in [6, 6.07) is 3.59. The summed E-state index contributed by atoms with van der Waals surface area (Å²) in [5.41, 5.74) is 9.06. The van der Waals surface area contributed by atoms with Crippen molar-refractivity contribution in [3.63, 3.8) is 0 Å². The van der Waals surface area contributed by atoms with Crippen molar-refractivity contribution in [3.8, 4) is 0 Å². The number of ether oxygens (including phenoxy) is 1. The van der Waals surface area contributed by atoms with Crippen molar-refractivity contribution in [2.24, 2.45) is 23.2 Å². The predicted molar refractivity (Wildman–Crippen MR) is 115 cm³/mol. The number of hydrogen-bond donors (Lipinski definition) is 1. The Kier molecular flexibility index (Phi) is 4.68. The van der Waals surface area contributed by atoms with Crippen molar-refractivity contribution in [3.05, 3.63) is 50.7 Å². The highest BCUT2D eigenvalue weighted by atomic mass is 35.5. The van der Waals surface area contributed by atoms with Crippen LogP contribution in [-0.4, -0.2) is 52.1 Å². The SMILES string of the molecule is C[C@@H]1OCC2(CCN(c3nc4c(c(=O)n3C)C(c3ccnc(Cl)c3)=NC4)CC2)[C@@H]1N. The number of rotatable bonds is 2. The standard InChI is InChI=1S/C21H25ClN6O2/c1-12-18(23)21(11-30-12)4-7-28(8-5-21)20-26-14-10-25-17(16(14)19(29)27(20)2)13-3-6-24-15(22)9-13/h3,6,9,12,18H,4-5,7-8,10-11,23H2,1-2H3/t12-,18+/m0/s1. The van der Waals surface area contributed by atoms with Crippen LogP contribution in [-0.2, 0) is 18.3 Å². The fourth-order valence-electron chi connectivity index (χ4n) is 4.91. The van der Waals surface area contributed by atoms with E-state index in [2.05, 4.69) is 14.9 Å². The first-order chi connectivity index (χ1) is 14.4. The first-order valence-electron chi connectivity index (χ1n) is 10.3. The minimum Gasteiger partial charge on any atom is -0.376 e. The quantitative estimate of drug-likeness (QED) is 0.728. The number of piperidine rings is 1. The Balaban J connectivity index is 1.43. The van der Waals surface area contributed by atoms with E-state index < -0.39 is 0 Å². The average molecular weight is 429 g/mol. The maximum Gasteiger partial charge on any atom is 0.264 e. The van der Waals surface area contributed by atoms with Crippen LogP contribution in [0.1, 0.15) is 36.6 Å². The molecular formula is C21H25ClN6O2. The largest absolute Gasteiger partial charge is 0.376 e. The van der Waals surface area contributed by atoms with Crippen molar-refractivity contribution in [1.82, 2.24) is 14.5 Å². The monoisotopic (exact) mass is 428 g/mol. The third-order valence-corrected chi connectivity index (χ3v) is 7.06. The van der Waals surface area contributed by atoms with Crippen molar-refractivity contribution in [2.45, 2.75) is 38.5 Å².